The van der Waals surface area contributed by atoms with Crippen LogP contribution in [0.1, 0.15) is 22.7 Å². The smallest absolute Gasteiger partial charge is 0.178 e. The van der Waals surface area contributed by atoms with Gasteiger partial charge in [0.2, 0.25) is 0 Å². The summed E-state index contributed by atoms with van der Waals surface area (Å²) in [7, 11) is 0. The maximum Gasteiger partial charge on any atom is 0.178 e. The lowest BCUT2D eigenvalue weighted by molar-refractivity contribution is 0.573. The number of hydrogen-bond donors (Lipinski definition) is 1. The van der Waals surface area contributed by atoms with Crippen LogP contribution in [-0.2, 0) is 6.42 Å². The third kappa shape index (κ3) is 1.73. The predicted molar refractivity (Wildman–Crippen MR) is 70.4 cm³/mol. The summed E-state index contributed by atoms with van der Waals surface area (Å²) in [6.07, 6.45) is 0.639. The van der Waals surface area contributed by atoms with Gasteiger partial charge < -0.3 is 4.42 Å². The summed E-state index contributed by atoms with van der Waals surface area (Å²) in [4.78, 5) is 0. The zero-order valence-corrected chi connectivity index (χ0v) is 11.6. The minimum atomic E-state index is 0.639. The molecule has 0 bridgehead atoms. The summed E-state index contributed by atoms with van der Waals surface area (Å²) >= 11 is 3.51. The van der Waals surface area contributed by atoms with Crippen molar-refractivity contribution in [2.24, 2.45) is 0 Å². The van der Waals surface area contributed by atoms with Crippen molar-refractivity contribution in [1.29, 1.82) is 0 Å². The molecule has 0 spiro atoms. The Balaban J connectivity index is 2.20. The highest BCUT2D eigenvalue weighted by molar-refractivity contribution is 9.10. The maximum atomic E-state index is 5.78. The zero-order chi connectivity index (χ0) is 12.7. The molecule has 92 valence electrons. The Morgan fingerprint density at radius 1 is 1.33 bits per heavy atom. The van der Waals surface area contributed by atoms with E-state index in [0.29, 0.717) is 12.2 Å². The fourth-order valence-corrected chi connectivity index (χ4v) is 2.50. The molecular weight excluding hydrogens is 296 g/mol. The lowest BCUT2D eigenvalue weighted by Gasteiger charge is -2.02. The van der Waals surface area contributed by atoms with Gasteiger partial charge in [0.25, 0.3) is 0 Å². The summed E-state index contributed by atoms with van der Waals surface area (Å²) in [5.74, 6) is 1.61. The van der Waals surface area contributed by atoms with E-state index >= 15 is 0 Å². The van der Waals surface area contributed by atoms with E-state index in [1.807, 2.05) is 13.0 Å². The van der Waals surface area contributed by atoms with Crippen LogP contribution in [0.4, 0.5) is 0 Å². The van der Waals surface area contributed by atoms with Crippen molar-refractivity contribution in [2.75, 3.05) is 0 Å². The molecule has 2 heterocycles. The minimum absolute atomic E-state index is 0.639. The van der Waals surface area contributed by atoms with Crippen molar-refractivity contribution in [2.45, 2.75) is 20.3 Å². The minimum Gasteiger partial charge on any atom is -0.460 e. The van der Waals surface area contributed by atoms with E-state index < -0.39 is 0 Å². The first-order chi connectivity index (χ1) is 8.66. The number of fused-ring (bicyclic) bond motifs is 1. The quantitative estimate of drug-likeness (QED) is 0.790. The van der Waals surface area contributed by atoms with Gasteiger partial charge in [-0.15, -0.1) is 10.2 Å². The van der Waals surface area contributed by atoms with E-state index in [2.05, 4.69) is 49.5 Å². The van der Waals surface area contributed by atoms with Crippen molar-refractivity contribution in [3.05, 3.63) is 39.3 Å². The number of H-pyrrole nitrogens is 1. The highest BCUT2D eigenvalue weighted by Crippen LogP contribution is 2.34. The average molecular weight is 307 g/mol. The van der Waals surface area contributed by atoms with Crippen LogP contribution >= 0.6 is 15.9 Å². The number of aromatic amines is 1. The number of nitrogens with zero attached hydrogens (tertiary/aromatic N) is 3. The third-order valence-corrected chi connectivity index (χ3v) is 3.72. The van der Waals surface area contributed by atoms with Gasteiger partial charge in [-0.1, -0.05) is 11.3 Å². The van der Waals surface area contributed by atoms with E-state index in [9.17, 15) is 0 Å². The second kappa shape index (κ2) is 4.20. The fourth-order valence-electron chi connectivity index (χ4n) is 2.09. The van der Waals surface area contributed by atoms with Gasteiger partial charge in [-0.05, 0) is 47.0 Å². The van der Waals surface area contributed by atoms with Crippen LogP contribution in [-0.4, -0.2) is 20.6 Å². The Morgan fingerprint density at radius 2 is 2.17 bits per heavy atom. The molecule has 3 aromatic rings. The average Bonchev–Trinajstić information content (AvgIpc) is 2.94. The molecule has 0 aliphatic heterocycles. The molecule has 6 heteroatoms. The van der Waals surface area contributed by atoms with Gasteiger partial charge in [-0.2, -0.15) is 5.21 Å². The van der Waals surface area contributed by atoms with Crippen molar-refractivity contribution >= 4 is 26.9 Å². The molecule has 0 radical (unpaired) electrons. The molecule has 0 amide bonds. The van der Waals surface area contributed by atoms with Crippen LogP contribution in [0.25, 0.3) is 11.0 Å². The fraction of sp³-hybridized carbons (Fsp3) is 0.250. The molecule has 0 unspecified atom stereocenters. The van der Waals surface area contributed by atoms with Gasteiger partial charge in [-0.3, -0.25) is 0 Å². The lowest BCUT2D eigenvalue weighted by atomic mass is 10.0. The number of aryl methyl sites for hydroxylation is 2. The van der Waals surface area contributed by atoms with Crippen molar-refractivity contribution in [3.63, 3.8) is 0 Å². The number of tetrazole rings is 1. The molecule has 0 saturated carbocycles. The van der Waals surface area contributed by atoms with Crippen molar-refractivity contribution < 1.29 is 4.42 Å². The Bertz CT molecular complexity index is 703. The highest BCUT2D eigenvalue weighted by atomic mass is 79.9. The van der Waals surface area contributed by atoms with Gasteiger partial charge in [-0.25, -0.2) is 0 Å². The van der Waals surface area contributed by atoms with Crippen LogP contribution in [0.3, 0.4) is 0 Å². The highest BCUT2D eigenvalue weighted by Gasteiger charge is 2.15. The van der Waals surface area contributed by atoms with E-state index in [1.54, 1.807) is 0 Å². The lowest BCUT2D eigenvalue weighted by Crippen LogP contribution is -1.93. The standard InChI is InChI=1S/C12H11BrN4O/c1-6-7(2)18-12-9(13)4-3-8(11(6)12)5-10-14-16-17-15-10/h3-4H,5H2,1-2H3,(H,14,15,16,17). The summed E-state index contributed by atoms with van der Waals surface area (Å²) < 4.78 is 6.74. The first kappa shape index (κ1) is 11.4. The molecule has 0 aliphatic rings. The number of hydrogen-bond acceptors (Lipinski definition) is 4. The molecule has 0 saturated heterocycles. The number of aromatic nitrogens is 4. The summed E-state index contributed by atoms with van der Waals surface area (Å²) in [6, 6.07) is 4.05. The molecule has 0 atom stereocenters. The van der Waals surface area contributed by atoms with Gasteiger partial charge in [0.05, 0.1) is 4.47 Å². The molecule has 3 rings (SSSR count). The van der Waals surface area contributed by atoms with Crippen molar-refractivity contribution in [1.82, 2.24) is 20.6 Å². The van der Waals surface area contributed by atoms with Gasteiger partial charge in [0, 0.05) is 11.8 Å². The van der Waals surface area contributed by atoms with E-state index in [4.69, 9.17) is 4.42 Å². The van der Waals surface area contributed by atoms with Gasteiger partial charge in [0.1, 0.15) is 11.3 Å². The predicted octanol–water partition coefficient (Wildman–Crippen LogP) is 2.92. The molecular formula is C12H11BrN4O. The normalized spacial score (nSPS) is 11.3. The van der Waals surface area contributed by atoms with E-state index in [1.165, 1.54) is 0 Å². The Hall–Kier alpha value is -1.69. The van der Waals surface area contributed by atoms with E-state index in [-0.39, 0.29) is 0 Å². The maximum absolute atomic E-state index is 5.78. The van der Waals surface area contributed by atoms with Crippen LogP contribution in [0.5, 0.6) is 0 Å². The van der Waals surface area contributed by atoms with Gasteiger partial charge in [0.15, 0.2) is 5.82 Å². The third-order valence-electron chi connectivity index (χ3n) is 3.09. The summed E-state index contributed by atoms with van der Waals surface area (Å²) in [6.45, 7) is 4.03. The van der Waals surface area contributed by atoms with E-state index in [0.717, 1.165) is 32.3 Å². The monoisotopic (exact) mass is 306 g/mol. The Labute approximate surface area is 112 Å². The SMILES string of the molecule is Cc1oc2c(Br)ccc(Cc3nn[nH]n3)c2c1C. The second-order valence-corrected chi connectivity index (χ2v) is 5.05. The largest absolute Gasteiger partial charge is 0.460 e. The molecule has 2 aromatic heterocycles. The van der Waals surface area contributed by atoms with Gasteiger partial charge >= 0.3 is 0 Å². The topological polar surface area (TPSA) is 67.6 Å². The van der Waals surface area contributed by atoms with Crippen LogP contribution < -0.4 is 0 Å². The Kier molecular flexibility index (Phi) is 2.66. The number of benzene rings is 1. The second-order valence-electron chi connectivity index (χ2n) is 4.20. The molecule has 0 fully saturated rings. The molecule has 1 aromatic carbocycles. The molecule has 5 nitrogen and oxygen atoms in total. The number of nitrogens with one attached hydrogen (secondary N) is 1. The van der Waals surface area contributed by atoms with Crippen molar-refractivity contribution in [3.8, 4) is 0 Å². The summed E-state index contributed by atoms with van der Waals surface area (Å²) in [5, 5.41) is 15.1. The molecule has 1 N–H and O–H groups in total. The van der Waals surface area contributed by atoms with Crippen LogP contribution in [0, 0.1) is 13.8 Å². The number of halogens is 1. The number of rotatable bonds is 2. The number of furan rings is 1. The van der Waals surface area contributed by atoms with Crippen LogP contribution in [0.2, 0.25) is 0 Å². The first-order valence-corrected chi connectivity index (χ1v) is 6.35. The van der Waals surface area contributed by atoms with Crippen LogP contribution in [0.15, 0.2) is 21.0 Å². The summed E-state index contributed by atoms with van der Waals surface area (Å²) in [5.41, 5.74) is 3.18. The first-order valence-electron chi connectivity index (χ1n) is 5.56. The zero-order valence-electron chi connectivity index (χ0n) is 9.99. The molecule has 0 aliphatic carbocycles. The Morgan fingerprint density at radius 3 is 2.89 bits per heavy atom. The molecule has 18 heavy (non-hydrogen) atoms.